The molecule has 2 rings (SSSR count). The van der Waals surface area contributed by atoms with Crippen LogP contribution in [0.5, 0.6) is 0 Å². The number of nitrogens with one attached hydrogen (secondary N) is 2. The van der Waals surface area contributed by atoms with Gasteiger partial charge in [0.15, 0.2) is 0 Å². The molecular weight excluding hydrogens is 220 g/mol. The van der Waals surface area contributed by atoms with Gasteiger partial charge in [0, 0.05) is 31.2 Å². The predicted octanol–water partition coefficient (Wildman–Crippen LogP) is 2.08. The van der Waals surface area contributed by atoms with E-state index in [0.717, 1.165) is 37.6 Å². The van der Waals surface area contributed by atoms with E-state index >= 15 is 0 Å². The summed E-state index contributed by atoms with van der Waals surface area (Å²) in [6.45, 7) is 6.56. The van der Waals surface area contributed by atoms with Gasteiger partial charge in [0.2, 0.25) is 0 Å². The highest BCUT2D eigenvalue weighted by Crippen LogP contribution is 2.23. The van der Waals surface area contributed by atoms with Crippen molar-refractivity contribution in [2.24, 2.45) is 5.41 Å². The lowest BCUT2D eigenvalue weighted by atomic mass is 9.83. The number of hydrogen-bond donors (Lipinski definition) is 2. The third-order valence-electron chi connectivity index (χ3n) is 3.10. The van der Waals surface area contributed by atoms with Crippen molar-refractivity contribution in [2.75, 3.05) is 26.2 Å². The second-order valence-electron chi connectivity index (χ2n) is 4.97. The van der Waals surface area contributed by atoms with E-state index < -0.39 is 0 Å². The Kier molecular flexibility index (Phi) is 3.85. The van der Waals surface area contributed by atoms with E-state index in [4.69, 9.17) is 11.6 Å². The summed E-state index contributed by atoms with van der Waals surface area (Å²) in [6.07, 6.45) is 1.06. The van der Waals surface area contributed by atoms with Crippen LogP contribution in [-0.4, -0.2) is 26.2 Å². The van der Waals surface area contributed by atoms with Crippen LogP contribution in [0.15, 0.2) is 24.3 Å². The zero-order chi connectivity index (χ0) is 11.4. The highest BCUT2D eigenvalue weighted by Gasteiger charge is 2.25. The molecule has 0 radical (unpaired) electrons. The Hall–Kier alpha value is -0.570. The lowest BCUT2D eigenvalue weighted by molar-refractivity contribution is 0.315. The maximum Gasteiger partial charge on any atom is 0.0408 e. The van der Waals surface area contributed by atoms with Crippen molar-refractivity contribution in [1.29, 1.82) is 0 Å². The monoisotopic (exact) mass is 238 g/mol. The molecule has 0 unspecified atom stereocenters. The zero-order valence-electron chi connectivity index (χ0n) is 9.72. The van der Waals surface area contributed by atoms with Crippen molar-refractivity contribution in [1.82, 2.24) is 10.6 Å². The second-order valence-corrected chi connectivity index (χ2v) is 5.41. The van der Waals surface area contributed by atoms with E-state index in [1.165, 1.54) is 5.56 Å². The van der Waals surface area contributed by atoms with Crippen LogP contribution in [0, 0.1) is 5.41 Å². The quantitative estimate of drug-likeness (QED) is 0.825. The van der Waals surface area contributed by atoms with Gasteiger partial charge in [0.25, 0.3) is 0 Å². The van der Waals surface area contributed by atoms with Crippen molar-refractivity contribution in [3.8, 4) is 0 Å². The summed E-state index contributed by atoms with van der Waals surface area (Å²) in [5.74, 6) is 0. The molecule has 1 aliphatic heterocycles. The van der Waals surface area contributed by atoms with Crippen molar-refractivity contribution in [3.63, 3.8) is 0 Å². The fourth-order valence-corrected chi connectivity index (χ4v) is 2.50. The Morgan fingerprint density at radius 3 is 2.56 bits per heavy atom. The van der Waals surface area contributed by atoms with Crippen LogP contribution in [0.1, 0.15) is 12.5 Å². The van der Waals surface area contributed by atoms with E-state index in [2.05, 4.69) is 29.7 Å². The van der Waals surface area contributed by atoms with Gasteiger partial charge in [0.05, 0.1) is 0 Å². The third-order valence-corrected chi connectivity index (χ3v) is 3.34. The minimum Gasteiger partial charge on any atom is -0.315 e. The molecule has 1 aliphatic rings. The molecule has 0 saturated carbocycles. The molecule has 88 valence electrons. The normalized spacial score (nSPS) is 20.4. The van der Waals surface area contributed by atoms with Crippen molar-refractivity contribution >= 4 is 11.6 Å². The fourth-order valence-electron chi connectivity index (χ4n) is 2.28. The van der Waals surface area contributed by atoms with Gasteiger partial charge >= 0.3 is 0 Å². The summed E-state index contributed by atoms with van der Waals surface area (Å²) in [7, 11) is 0. The molecule has 0 amide bonds. The molecule has 2 N–H and O–H groups in total. The molecule has 0 bridgehead atoms. The molecule has 1 heterocycles. The van der Waals surface area contributed by atoms with E-state index in [-0.39, 0.29) is 5.41 Å². The van der Waals surface area contributed by atoms with Crippen LogP contribution in [-0.2, 0) is 6.42 Å². The van der Waals surface area contributed by atoms with Crippen LogP contribution in [0.25, 0.3) is 0 Å². The second kappa shape index (κ2) is 5.17. The van der Waals surface area contributed by atoms with Gasteiger partial charge in [-0.3, -0.25) is 0 Å². The fraction of sp³-hybridized carbons (Fsp3) is 0.538. The minimum atomic E-state index is 0.279. The Balaban J connectivity index is 2.06. The summed E-state index contributed by atoms with van der Waals surface area (Å²) in [6, 6.07) is 8.18. The van der Waals surface area contributed by atoms with Gasteiger partial charge in [-0.05, 0) is 29.5 Å². The maximum absolute atomic E-state index is 6.01. The Labute approximate surface area is 102 Å². The molecule has 3 heteroatoms. The van der Waals surface area contributed by atoms with Gasteiger partial charge < -0.3 is 10.6 Å². The van der Waals surface area contributed by atoms with Crippen LogP contribution in [0.2, 0.25) is 5.02 Å². The van der Waals surface area contributed by atoms with E-state index in [9.17, 15) is 0 Å². The van der Waals surface area contributed by atoms with Gasteiger partial charge in [-0.15, -0.1) is 0 Å². The Morgan fingerprint density at radius 2 is 1.94 bits per heavy atom. The molecule has 0 aromatic heterocycles. The summed E-state index contributed by atoms with van der Waals surface area (Å²) in [4.78, 5) is 0. The molecule has 2 nitrogen and oxygen atoms in total. The third kappa shape index (κ3) is 3.21. The molecule has 1 aromatic carbocycles. The van der Waals surface area contributed by atoms with E-state index in [0.29, 0.717) is 0 Å². The topological polar surface area (TPSA) is 24.1 Å². The number of hydrogen-bond acceptors (Lipinski definition) is 2. The molecule has 0 spiro atoms. The highest BCUT2D eigenvalue weighted by atomic mass is 35.5. The summed E-state index contributed by atoms with van der Waals surface area (Å²) >= 11 is 6.01. The number of rotatable bonds is 2. The first kappa shape index (κ1) is 11.9. The Bertz CT molecular complexity index is 344. The molecule has 0 aliphatic carbocycles. The SMILES string of the molecule is CC1(Cc2cccc(Cl)c2)CNCCNC1. The van der Waals surface area contributed by atoms with E-state index in [1.807, 2.05) is 12.1 Å². The average molecular weight is 239 g/mol. The van der Waals surface area contributed by atoms with Crippen molar-refractivity contribution in [2.45, 2.75) is 13.3 Å². The van der Waals surface area contributed by atoms with Crippen LogP contribution < -0.4 is 10.6 Å². The smallest absolute Gasteiger partial charge is 0.0408 e. The lowest BCUT2D eigenvalue weighted by Crippen LogP contribution is -2.37. The zero-order valence-corrected chi connectivity index (χ0v) is 10.5. The van der Waals surface area contributed by atoms with Gasteiger partial charge in [-0.25, -0.2) is 0 Å². The maximum atomic E-state index is 6.01. The molecule has 16 heavy (non-hydrogen) atoms. The first-order valence-electron chi connectivity index (χ1n) is 5.84. The minimum absolute atomic E-state index is 0.279. The Morgan fingerprint density at radius 1 is 1.25 bits per heavy atom. The molecule has 1 aromatic rings. The van der Waals surface area contributed by atoms with Crippen molar-refractivity contribution < 1.29 is 0 Å². The highest BCUT2D eigenvalue weighted by molar-refractivity contribution is 6.30. The summed E-state index contributed by atoms with van der Waals surface area (Å²) in [5.41, 5.74) is 1.60. The first-order chi connectivity index (χ1) is 7.68. The van der Waals surface area contributed by atoms with Crippen LogP contribution in [0.4, 0.5) is 0 Å². The lowest BCUT2D eigenvalue weighted by Gasteiger charge is -2.28. The van der Waals surface area contributed by atoms with Gasteiger partial charge in [-0.2, -0.15) is 0 Å². The standard InChI is InChI=1S/C13H19ClN2/c1-13(9-15-5-6-16-10-13)8-11-3-2-4-12(14)7-11/h2-4,7,15-16H,5-6,8-10H2,1H3. The summed E-state index contributed by atoms with van der Waals surface area (Å²) in [5, 5.41) is 7.78. The number of halogens is 1. The molecule has 1 fully saturated rings. The van der Waals surface area contributed by atoms with Gasteiger partial charge in [0.1, 0.15) is 0 Å². The molecular formula is C13H19ClN2. The predicted molar refractivity (Wildman–Crippen MR) is 69.0 cm³/mol. The van der Waals surface area contributed by atoms with E-state index in [1.54, 1.807) is 0 Å². The first-order valence-corrected chi connectivity index (χ1v) is 6.22. The summed E-state index contributed by atoms with van der Waals surface area (Å²) < 4.78 is 0. The van der Waals surface area contributed by atoms with Crippen LogP contribution in [0.3, 0.4) is 0 Å². The molecule has 1 saturated heterocycles. The molecule has 0 atom stereocenters. The van der Waals surface area contributed by atoms with Gasteiger partial charge in [-0.1, -0.05) is 30.7 Å². The number of benzene rings is 1. The van der Waals surface area contributed by atoms with Crippen LogP contribution >= 0.6 is 11.6 Å². The van der Waals surface area contributed by atoms with Crippen molar-refractivity contribution in [3.05, 3.63) is 34.9 Å². The average Bonchev–Trinajstić information content (AvgIpc) is 2.43. The largest absolute Gasteiger partial charge is 0.315 e.